The maximum absolute atomic E-state index is 12.8. The van der Waals surface area contributed by atoms with Crippen molar-refractivity contribution in [1.29, 1.82) is 0 Å². The van der Waals surface area contributed by atoms with Gasteiger partial charge in [-0.05, 0) is 45.4 Å². The number of aromatic nitrogens is 1. The third-order valence-corrected chi connectivity index (χ3v) is 7.75. The SMILES string of the molecule is COc1ccc2cc(C(=O)N3CC[C@H](S(=O)(=O)C(C)(C)C)C3)[nH]c2c1. The minimum atomic E-state index is -3.28. The molecule has 0 bridgehead atoms. The van der Waals surface area contributed by atoms with Crippen LogP contribution in [0.15, 0.2) is 24.3 Å². The molecule has 7 heteroatoms. The molecule has 136 valence electrons. The molecule has 0 saturated carbocycles. The van der Waals surface area contributed by atoms with E-state index in [1.165, 1.54) is 0 Å². The van der Waals surface area contributed by atoms with Gasteiger partial charge in [-0.15, -0.1) is 0 Å². The second-order valence-corrected chi connectivity index (χ2v) is 10.4. The number of H-pyrrole nitrogens is 1. The van der Waals surface area contributed by atoms with Crippen LogP contribution in [0, 0.1) is 0 Å². The van der Waals surface area contributed by atoms with Crippen molar-refractivity contribution in [3.63, 3.8) is 0 Å². The Morgan fingerprint density at radius 3 is 2.64 bits per heavy atom. The van der Waals surface area contributed by atoms with Gasteiger partial charge in [-0.3, -0.25) is 4.79 Å². The molecule has 1 saturated heterocycles. The van der Waals surface area contributed by atoms with E-state index < -0.39 is 19.8 Å². The van der Waals surface area contributed by atoms with Gasteiger partial charge in [0.25, 0.3) is 5.91 Å². The molecule has 3 rings (SSSR count). The number of likely N-dealkylation sites (tertiary alicyclic amines) is 1. The van der Waals surface area contributed by atoms with Crippen molar-refractivity contribution in [3.05, 3.63) is 30.0 Å². The molecule has 1 amide bonds. The Labute approximate surface area is 148 Å². The highest BCUT2D eigenvalue weighted by atomic mass is 32.2. The van der Waals surface area contributed by atoms with Crippen LogP contribution in [0.25, 0.3) is 10.9 Å². The van der Waals surface area contributed by atoms with Crippen molar-refractivity contribution in [2.75, 3.05) is 20.2 Å². The highest BCUT2D eigenvalue weighted by Crippen LogP contribution is 2.28. The molecule has 2 heterocycles. The predicted molar refractivity (Wildman–Crippen MR) is 97.8 cm³/mol. The first-order valence-corrected chi connectivity index (χ1v) is 9.87. The molecule has 25 heavy (non-hydrogen) atoms. The molecule has 1 fully saturated rings. The highest BCUT2D eigenvalue weighted by molar-refractivity contribution is 7.93. The number of sulfone groups is 1. The van der Waals surface area contributed by atoms with Crippen LogP contribution in [0.5, 0.6) is 5.75 Å². The molecule has 6 nitrogen and oxygen atoms in total. The minimum absolute atomic E-state index is 0.165. The Balaban J connectivity index is 1.81. The predicted octanol–water partition coefficient (Wildman–Crippen LogP) is 2.60. The zero-order chi connectivity index (χ0) is 18.4. The molecule has 1 aromatic carbocycles. The molecule has 1 aliphatic rings. The molecule has 2 aromatic rings. The van der Waals surface area contributed by atoms with Crippen molar-refractivity contribution in [1.82, 2.24) is 9.88 Å². The maximum Gasteiger partial charge on any atom is 0.270 e. The number of rotatable bonds is 3. The van der Waals surface area contributed by atoms with Crippen LogP contribution in [0.2, 0.25) is 0 Å². The van der Waals surface area contributed by atoms with Gasteiger partial charge in [0.05, 0.1) is 17.1 Å². The number of nitrogens with one attached hydrogen (secondary N) is 1. The first-order valence-electron chi connectivity index (χ1n) is 8.33. The van der Waals surface area contributed by atoms with Crippen LogP contribution < -0.4 is 4.74 Å². The third kappa shape index (κ3) is 3.13. The number of hydrogen-bond acceptors (Lipinski definition) is 4. The molecular weight excluding hydrogens is 340 g/mol. The van der Waals surface area contributed by atoms with Crippen LogP contribution >= 0.6 is 0 Å². The lowest BCUT2D eigenvalue weighted by atomic mass is 10.2. The van der Waals surface area contributed by atoms with Gasteiger partial charge in [0.2, 0.25) is 0 Å². The van der Waals surface area contributed by atoms with Crippen LogP contribution in [-0.2, 0) is 9.84 Å². The topological polar surface area (TPSA) is 79.5 Å². The molecular formula is C18H24N2O4S. The van der Waals surface area contributed by atoms with E-state index in [1.54, 1.807) is 38.8 Å². The molecule has 1 atom stereocenters. The summed E-state index contributed by atoms with van der Waals surface area (Å²) in [5, 5.41) is 0.420. The number of benzene rings is 1. The fraction of sp³-hybridized carbons (Fsp3) is 0.500. The van der Waals surface area contributed by atoms with E-state index >= 15 is 0 Å². The molecule has 1 aromatic heterocycles. The van der Waals surface area contributed by atoms with Crippen LogP contribution in [0.3, 0.4) is 0 Å². The Morgan fingerprint density at radius 2 is 2.00 bits per heavy atom. The Hall–Kier alpha value is -2.02. The minimum Gasteiger partial charge on any atom is -0.497 e. The lowest BCUT2D eigenvalue weighted by Crippen LogP contribution is -2.39. The van der Waals surface area contributed by atoms with E-state index in [4.69, 9.17) is 4.74 Å². The van der Waals surface area contributed by atoms with Crippen LogP contribution in [0.4, 0.5) is 0 Å². The molecule has 0 unspecified atom stereocenters. The zero-order valence-electron chi connectivity index (χ0n) is 15.0. The average Bonchev–Trinajstić information content (AvgIpc) is 3.19. The van der Waals surface area contributed by atoms with Crippen molar-refractivity contribution >= 4 is 26.6 Å². The highest BCUT2D eigenvalue weighted by Gasteiger charge is 2.42. The summed E-state index contributed by atoms with van der Waals surface area (Å²) in [5.74, 6) is 0.549. The summed E-state index contributed by atoms with van der Waals surface area (Å²) < 4.78 is 29.6. The van der Waals surface area contributed by atoms with Crippen molar-refractivity contribution < 1.29 is 17.9 Å². The third-order valence-electron chi connectivity index (χ3n) is 4.78. The van der Waals surface area contributed by atoms with Gasteiger partial charge in [-0.1, -0.05) is 0 Å². The van der Waals surface area contributed by atoms with Crippen molar-refractivity contribution in [3.8, 4) is 5.75 Å². The molecule has 0 radical (unpaired) electrons. The number of ether oxygens (including phenoxy) is 1. The van der Waals surface area contributed by atoms with Gasteiger partial charge in [0.1, 0.15) is 11.4 Å². The smallest absolute Gasteiger partial charge is 0.270 e. The van der Waals surface area contributed by atoms with Gasteiger partial charge in [0.15, 0.2) is 9.84 Å². The standard InChI is InChI=1S/C18H24N2O4S/c1-18(2,3)25(22,23)14-7-8-20(11-14)17(21)16-9-12-5-6-13(24-4)10-15(12)19-16/h5-6,9-10,14,19H,7-8,11H2,1-4H3/t14-/m0/s1. The number of carbonyl (C=O) groups excluding carboxylic acids is 1. The first kappa shape index (κ1) is 17.8. The fourth-order valence-electron chi connectivity index (χ4n) is 3.18. The molecule has 1 aliphatic heterocycles. The van der Waals surface area contributed by atoms with E-state index in [0.29, 0.717) is 24.4 Å². The average molecular weight is 364 g/mol. The molecule has 1 N–H and O–H groups in total. The van der Waals surface area contributed by atoms with E-state index in [1.807, 2.05) is 18.2 Å². The lowest BCUT2D eigenvalue weighted by Gasteiger charge is -2.24. The lowest BCUT2D eigenvalue weighted by molar-refractivity contribution is 0.0788. The normalized spacial score (nSPS) is 18.7. The summed E-state index contributed by atoms with van der Waals surface area (Å²) in [6.07, 6.45) is 0.486. The summed E-state index contributed by atoms with van der Waals surface area (Å²) in [5.41, 5.74) is 1.29. The van der Waals surface area contributed by atoms with Crippen molar-refractivity contribution in [2.24, 2.45) is 0 Å². The second kappa shape index (κ2) is 6.05. The Kier molecular flexibility index (Phi) is 4.31. The van der Waals surface area contributed by atoms with Gasteiger partial charge < -0.3 is 14.6 Å². The first-order chi connectivity index (χ1) is 11.6. The Morgan fingerprint density at radius 1 is 1.28 bits per heavy atom. The van der Waals surface area contributed by atoms with Gasteiger partial charge >= 0.3 is 0 Å². The van der Waals surface area contributed by atoms with E-state index in [9.17, 15) is 13.2 Å². The van der Waals surface area contributed by atoms with Crippen LogP contribution in [0.1, 0.15) is 37.7 Å². The van der Waals surface area contributed by atoms with E-state index in [2.05, 4.69) is 4.98 Å². The Bertz CT molecular complexity index is 909. The zero-order valence-corrected chi connectivity index (χ0v) is 15.8. The second-order valence-electron chi connectivity index (χ2n) is 7.46. The number of methoxy groups -OCH3 is 1. The van der Waals surface area contributed by atoms with E-state index in [-0.39, 0.29) is 12.5 Å². The fourth-order valence-corrected chi connectivity index (χ4v) is 4.98. The number of nitrogens with zero attached hydrogens (tertiary/aromatic N) is 1. The van der Waals surface area contributed by atoms with E-state index in [0.717, 1.165) is 10.9 Å². The summed E-state index contributed by atoms with van der Waals surface area (Å²) in [6, 6.07) is 7.36. The van der Waals surface area contributed by atoms with Gasteiger partial charge in [-0.2, -0.15) is 0 Å². The quantitative estimate of drug-likeness (QED) is 0.908. The number of aromatic amines is 1. The summed E-state index contributed by atoms with van der Waals surface area (Å²) in [4.78, 5) is 17.5. The largest absolute Gasteiger partial charge is 0.497 e. The summed E-state index contributed by atoms with van der Waals surface area (Å²) in [7, 11) is -1.69. The summed E-state index contributed by atoms with van der Waals surface area (Å²) in [6.45, 7) is 5.82. The van der Waals surface area contributed by atoms with Gasteiger partial charge in [0, 0.05) is 30.1 Å². The van der Waals surface area contributed by atoms with Gasteiger partial charge in [-0.25, -0.2) is 8.42 Å². The number of carbonyl (C=O) groups is 1. The number of hydrogen-bond donors (Lipinski definition) is 1. The van der Waals surface area contributed by atoms with Crippen molar-refractivity contribution in [2.45, 2.75) is 37.2 Å². The maximum atomic E-state index is 12.8. The summed E-state index contributed by atoms with van der Waals surface area (Å²) >= 11 is 0. The number of fused-ring (bicyclic) bond motifs is 1. The van der Waals surface area contributed by atoms with Crippen LogP contribution in [-0.4, -0.2) is 54.4 Å². The molecule has 0 aliphatic carbocycles. The molecule has 0 spiro atoms. The monoisotopic (exact) mass is 364 g/mol. The number of amides is 1.